The Kier molecular flexibility index (Phi) is 4.66. The first kappa shape index (κ1) is 18.3. The van der Waals surface area contributed by atoms with Crippen LogP contribution in [0, 0.1) is 0 Å². The molecule has 0 saturated carbocycles. The molecule has 1 atom stereocenters. The normalized spacial score (nSPS) is 18.4. The second-order valence-corrected chi connectivity index (χ2v) is 7.58. The monoisotopic (exact) mass is 422 g/mol. The van der Waals surface area contributed by atoms with Gasteiger partial charge in [0.1, 0.15) is 6.04 Å². The molecule has 8 heteroatoms. The summed E-state index contributed by atoms with van der Waals surface area (Å²) >= 11 is 17.9. The van der Waals surface area contributed by atoms with Crippen LogP contribution in [-0.2, 0) is 17.8 Å². The first-order chi connectivity index (χ1) is 12.9. The second-order valence-electron chi connectivity index (χ2n) is 6.38. The Labute approximate surface area is 172 Å². The molecule has 1 unspecified atom stereocenters. The van der Waals surface area contributed by atoms with E-state index in [2.05, 4.69) is 0 Å². The molecule has 0 aliphatic carbocycles. The Morgan fingerprint density at radius 3 is 2.37 bits per heavy atom. The number of thiocarbonyl (C=S) groups is 1. The zero-order valence-electron chi connectivity index (χ0n) is 14.7. The molecule has 4 rings (SSSR count). The molecule has 27 heavy (non-hydrogen) atoms. The predicted octanol–water partition coefficient (Wildman–Crippen LogP) is 4.07. The van der Waals surface area contributed by atoms with Crippen molar-refractivity contribution in [3.05, 3.63) is 51.5 Å². The van der Waals surface area contributed by atoms with E-state index in [4.69, 9.17) is 44.9 Å². The number of nitrogens with zero attached hydrogens (tertiary/aromatic N) is 2. The maximum absolute atomic E-state index is 13.1. The number of hydrogen-bond acceptors (Lipinski definition) is 4. The fourth-order valence-corrected chi connectivity index (χ4v) is 4.46. The van der Waals surface area contributed by atoms with E-state index in [-0.39, 0.29) is 11.9 Å². The highest BCUT2D eigenvalue weighted by Gasteiger charge is 2.46. The molecule has 0 N–H and O–H groups in total. The summed E-state index contributed by atoms with van der Waals surface area (Å²) in [6, 6.07) is 8.52. The van der Waals surface area contributed by atoms with Gasteiger partial charge in [-0.05, 0) is 53.7 Å². The van der Waals surface area contributed by atoms with E-state index < -0.39 is 0 Å². The summed E-state index contributed by atoms with van der Waals surface area (Å²) in [7, 11) is 3.20. The van der Waals surface area contributed by atoms with E-state index in [0.29, 0.717) is 45.3 Å². The Balaban J connectivity index is 1.72. The maximum Gasteiger partial charge on any atom is 0.256 e. The van der Waals surface area contributed by atoms with Gasteiger partial charge in [0.2, 0.25) is 0 Å². The number of fused-ring (bicyclic) bond motifs is 2. The van der Waals surface area contributed by atoms with Crippen molar-refractivity contribution in [2.24, 2.45) is 0 Å². The fraction of sp³-hybridized carbons (Fsp3) is 0.263. The quantitative estimate of drug-likeness (QED) is 0.697. The molecule has 0 spiro atoms. The first-order valence-electron chi connectivity index (χ1n) is 8.28. The van der Waals surface area contributed by atoms with Gasteiger partial charge in [-0.3, -0.25) is 9.69 Å². The summed E-state index contributed by atoms with van der Waals surface area (Å²) in [5.41, 5.74) is 2.65. The molecule has 1 fully saturated rings. The third-order valence-electron chi connectivity index (χ3n) is 4.93. The minimum Gasteiger partial charge on any atom is -0.493 e. The highest BCUT2D eigenvalue weighted by atomic mass is 35.5. The minimum atomic E-state index is -0.366. The van der Waals surface area contributed by atoms with Gasteiger partial charge >= 0.3 is 0 Å². The van der Waals surface area contributed by atoms with Crippen LogP contribution in [0.5, 0.6) is 11.5 Å². The van der Waals surface area contributed by atoms with Gasteiger partial charge in [-0.1, -0.05) is 23.2 Å². The standard InChI is InChI=1S/C19H16Cl2N2O3S/c1-25-16-6-10-5-15-18(24)23(14-4-3-12(20)8-13(14)21)19(27)22(15)9-11(10)7-17(16)26-2/h3-4,6-8,15H,5,9H2,1-2H3. The molecule has 2 aromatic carbocycles. The van der Waals surface area contributed by atoms with Crippen molar-refractivity contribution in [1.29, 1.82) is 0 Å². The lowest BCUT2D eigenvalue weighted by Crippen LogP contribution is -2.40. The van der Waals surface area contributed by atoms with Crippen LogP contribution in [0.3, 0.4) is 0 Å². The van der Waals surface area contributed by atoms with Crippen LogP contribution >= 0.6 is 35.4 Å². The van der Waals surface area contributed by atoms with Gasteiger partial charge in [-0.15, -0.1) is 0 Å². The van der Waals surface area contributed by atoms with E-state index >= 15 is 0 Å². The van der Waals surface area contributed by atoms with Crippen LogP contribution in [0.1, 0.15) is 11.1 Å². The topological polar surface area (TPSA) is 42.0 Å². The summed E-state index contributed by atoms with van der Waals surface area (Å²) in [6.45, 7) is 0.520. The molecule has 0 radical (unpaired) electrons. The Morgan fingerprint density at radius 1 is 1.07 bits per heavy atom. The number of carbonyl (C=O) groups excluding carboxylic acids is 1. The molecule has 5 nitrogen and oxygen atoms in total. The third kappa shape index (κ3) is 2.92. The van der Waals surface area contributed by atoms with E-state index in [9.17, 15) is 4.79 Å². The minimum absolute atomic E-state index is 0.0929. The predicted molar refractivity (Wildman–Crippen MR) is 109 cm³/mol. The number of ether oxygens (including phenoxy) is 2. The van der Waals surface area contributed by atoms with Crippen molar-refractivity contribution in [2.75, 3.05) is 19.1 Å². The van der Waals surface area contributed by atoms with Gasteiger partial charge < -0.3 is 14.4 Å². The van der Waals surface area contributed by atoms with Gasteiger partial charge in [-0.25, -0.2) is 0 Å². The number of carbonyl (C=O) groups is 1. The van der Waals surface area contributed by atoms with Crippen molar-refractivity contribution in [3.63, 3.8) is 0 Å². The average molecular weight is 423 g/mol. The molecule has 2 aliphatic rings. The highest BCUT2D eigenvalue weighted by molar-refractivity contribution is 7.80. The lowest BCUT2D eigenvalue weighted by atomic mass is 9.94. The zero-order valence-corrected chi connectivity index (χ0v) is 17.0. The number of anilines is 1. The molecular weight excluding hydrogens is 407 g/mol. The van der Waals surface area contributed by atoms with Crippen LogP contribution in [-0.4, -0.2) is 36.2 Å². The van der Waals surface area contributed by atoms with Gasteiger partial charge in [-0.2, -0.15) is 0 Å². The van der Waals surface area contributed by atoms with Crippen molar-refractivity contribution < 1.29 is 14.3 Å². The highest BCUT2D eigenvalue weighted by Crippen LogP contribution is 2.39. The smallest absolute Gasteiger partial charge is 0.256 e. The molecule has 0 aromatic heterocycles. The van der Waals surface area contributed by atoms with Gasteiger partial charge in [0.15, 0.2) is 16.6 Å². The van der Waals surface area contributed by atoms with Crippen molar-refractivity contribution in [3.8, 4) is 11.5 Å². The van der Waals surface area contributed by atoms with E-state index in [1.165, 1.54) is 4.90 Å². The number of benzene rings is 2. The van der Waals surface area contributed by atoms with E-state index in [0.717, 1.165) is 11.1 Å². The van der Waals surface area contributed by atoms with E-state index in [1.807, 2.05) is 17.0 Å². The summed E-state index contributed by atoms with van der Waals surface area (Å²) in [5.74, 6) is 1.21. The summed E-state index contributed by atoms with van der Waals surface area (Å²) in [5, 5.41) is 1.33. The molecule has 2 heterocycles. The third-order valence-corrected chi connectivity index (χ3v) is 5.88. The summed E-state index contributed by atoms with van der Waals surface area (Å²) in [4.78, 5) is 16.6. The SMILES string of the molecule is COc1cc2c(cc1OC)CN1C(=S)N(c3ccc(Cl)cc3Cl)C(=O)C1C2. The van der Waals surface area contributed by atoms with Gasteiger partial charge in [0, 0.05) is 18.0 Å². The summed E-state index contributed by atoms with van der Waals surface area (Å²) < 4.78 is 10.8. The lowest BCUT2D eigenvalue weighted by Gasteiger charge is -2.31. The first-order valence-corrected chi connectivity index (χ1v) is 9.44. The number of methoxy groups -OCH3 is 2. The Bertz CT molecular complexity index is 915. The largest absolute Gasteiger partial charge is 0.493 e. The Hall–Kier alpha value is -2.02. The summed E-state index contributed by atoms with van der Waals surface area (Å²) in [6.07, 6.45) is 0.538. The molecule has 1 amide bonds. The van der Waals surface area contributed by atoms with Crippen molar-refractivity contribution in [1.82, 2.24) is 4.90 Å². The molecular formula is C19H16Cl2N2O3S. The van der Waals surface area contributed by atoms with Crippen LogP contribution < -0.4 is 14.4 Å². The second kappa shape index (κ2) is 6.86. The van der Waals surface area contributed by atoms with Crippen LogP contribution in [0.2, 0.25) is 10.0 Å². The van der Waals surface area contributed by atoms with Crippen molar-refractivity contribution >= 4 is 52.1 Å². The molecule has 2 aromatic rings. The number of hydrogen-bond donors (Lipinski definition) is 0. The van der Waals surface area contributed by atoms with Crippen LogP contribution in [0.4, 0.5) is 5.69 Å². The Morgan fingerprint density at radius 2 is 1.74 bits per heavy atom. The van der Waals surface area contributed by atoms with E-state index in [1.54, 1.807) is 32.4 Å². The van der Waals surface area contributed by atoms with Gasteiger partial charge in [0.25, 0.3) is 5.91 Å². The lowest BCUT2D eigenvalue weighted by molar-refractivity contribution is -0.119. The zero-order chi connectivity index (χ0) is 19.3. The van der Waals surface area contributed by atoms with Gasteiger partial charge in [0.05, 0.1) is 24.9 Å². The maximum atomic E-state index is 13.1. The van der Waals surface area contributed by atoms with Crippen LogP contribution in [0.15, 0.2) is 30.3 Å². The molecule has 140 valence electrons. The number of halogens is 2. The molecule has 1 saturated heterocycles. The average Bonchev–Trinajstić information content (AvgIpc) is 2.89. The molecule has 0 bridgehead atoms. The van der Waals surface area contributed by atoms with Crippen molar-refractivity contribution in [2.45, 2.75) is 19.0 Å². The number of rotatable bonds is 3. The fourth-order valence-electron chi connectivity index (χ4n) is 3.59. The number of amides is 1. The van der Waals surface area contributed by atoms with Crippen LogP contribution in [0.25, 0.3) is 0 Å². The molecule has 2 aliphatic heterocycles.